The maximum atomic E-state index is 13.7. The van der Waals surface area contributed by atoms with E-state index >= 15 is 0 Å². The summed E-state index contributed by atoms with van der Waals surface area (Å²) in [5.74, 6) is -0.606. The van der Waals surface area contributed by atoms with E-state index in [1.54, 1.807) is 13.0 Å². The van der Waals surface area contributed by atoms with Gasteiger partial charge in [0.2, 0.25) is 0 Å². The molecule has 0 heterocycles. The van der Waals surface area contributed by atoms with E-state index in [0.717, 1.165) is 31.2 Å². The zero-order chi connectivity index (χ0) is 13.8. The number of ether oxygens (including phenoxy) is 1. The summed E-state index contributed by atoms with van der Waals surface area (Å²) in [7, 11) is 0. The molecule has 0 amide bonds. The van der Waals surface area contributed by atoms with Crippen molar-refractivity contribution in [3.63, 3.8) is 0 Å². The van der Waals surface area contributed by atoms with Crippen molar-refractivity contribution in [1.29, 1.82) is 0 Å². The van der Waals surface area contributed by atoms with Gasteiger partial charge in [-0.1, -0.05) is 18.9 Å². The summed E-state index contributed by atoms with van der Waals surface area (Å²) in [5, 5.41) is 0. The molecule has 1 aliphatic rings. The van der Waals surface area contributed by atoms with Gasteiger partial charge in [-0.2, -0.15) is 0 Å². The van der Waals surface area contributed by atoms with Gasteiger partial charge in [-0.05, 0) is 59.3 Å². The van der Waals surface area contributed by atoms with Crippen molar-refractivity contribution in [3.8, 4) is 0 Å². The van der Waals surface area contributed by atoms with Crippen LogP contribution in [0.5, 0.6) is 0 Å². The largest absolute Gasteiger partial charge is 0.466 e. The minimum Gasteiger partial charge on any atom is -0.466 e. The quantitative estimate of drug-likeness (QED) is 0.764. The van der Waals surface area contributed by atoms with Crippen molar-refractivity contribution < 1.29 is 13.9 Å². The average Bonchev–Trinajstić information content (AvgIpc) is 2.88. The minimum absolute atomic E-state index is 0.226. The molecule has 1 aromatic rings. The van der Waals surface area contributed by atoms with E-state index in [1.807, 2.05) is 6.07 Å². The van der Waals surface area contributed by atoms with Crippen LogP contribution in [-0.4, -0.2) is 12.6 Å². The highest BCUT2D eigenvalue weighted by molar-refractivity contribution is 9.10. The Morgan fingerprint density at radius 2 is 2.16 bits per heavy atom. The molecule has 0 bridgehead atoms. The van der Waals surface area contributed by atoms with Crippen molar-refractivity contribution in [1.82, 2.24) is 0 Å². The standard InChI is InChI=1S/C15H18BrFO2/c1-2-19-15(18)14(10-5-3-4-6-10)11-7-8-12(16)13(17)9-11/h7-10,14H,2-6H2,1H3. The molecule has 0 aromatic heterocycles. The molecule has 1 saturated carbocycles. The molecule has 1 unspecified atom stereocenters. The van der Waals surface area contributed by atoms with E-state index in [-0.39, 0.29) is 23.6 Å². The van der Waals surface area contributed by atoms with Crippen molar-refractivity contribution in [3.05, 3.63) is 34.1 Å². The third-order valence-electron chi connectivity index (χ3n) is 3.71. The van der Waals surface area contributed by atoms with Crippen LogP contribution >= 0.6 is 15.9 Å². The number of carbonyl (C=O) groups is 1. The highest BCUT2D eigenvalue weighted by Crippen LogP contribution is 2.38. The Hall–Kier alpha value is -0.900. The summed E-state index contributed by atoms with van der Waals surface area (Å²) < 4.78 is 19.3. The van der Waals surface area contributed by atoms with E-state index in [0.29, 0.717) is 11.1 Å². The maximum absolute atomic E-state index is 13.7. The van der Waals surface area contributed by atoms with Crippen LogP contribution in [-0.2, 0) is 9.53 Å². The Bertz CT molecular complexity index is 455. The van der Waals surface area contributed by atoms with E-state index in [2.05, 4.69) is 15.9 Å². The molecular weight excluding hydrogens is 311 g/mol. The molecule has 0 saturated heterocycles. The number of benzene rings is 1. The third kappa shape index (κ3) is 3.35. The molecule has 1 aromatic carbocycles. The van der Waals surface area contributed by atoms with E-state index in [1.165, 1.54) is 6.07 Å². The maximum Gasteiger partial charge on any atom is 0.313 e. The highest BCUT2D eigenvalue weighted by atomic mass is 79.9. The lowest BCUT2D eigenvalue weighted by molar-refractivity contribution is -0.146. The van der Waals surface area contributed by atoms with Gasteiger partial charge in [0.15, 0.2) is 0 Å². The van der Waals surface area contributed by atoms with Gasteiger partial charge in [0.05, 0.1) is 17.0 Å². The molecule has 2 nitrogen and oxygen atoms in total. The van der Waals surface area contributed by atoms with Crippen LogP contribution in [0.1, 0.15) is 44.1 Å². The summed E-state index contributed by atoms with van der Waals surface area (Å²) in [6.45, 7) is 2.16. The van der Waals surface area contributed by atoms with Crippen molar-refractivity contribution in [2.75, 3.05) is 6.61 Å². The molecule has 1 aliphatic carbocycles. The number of rotatable bonds is 4. The fourth-order valence-corrected chi connectivity index (χ4v) is 3.08. The van der Waals surface area contributed by atoms with Gasteiger partial charge in [0.25, 0.3) is 0 Å². The van der Waals surface area contributed by atoms with Crippen LogP contribution in [0.25, 0.3) is 0 Å². The summed E-state index contributed by atoms with van der Waals surface area (Å²) in [6.07, 6.45) is 4.31. The lowest BCUT2D eigenvalue weighted by Crippen LogP contribution is -2.22. The van der Waals surface area contributed by atoms with Gasteiger partial charge in [-0.3, -0.25) is 4.79 Å². The monoisotopic (exact) mass is 328 g/mol. The van der Waals surface area contributed by atoms with Gasteiger partial charge < -0.3 is 4.74 Å². The third-order valence-corrected chi connectivity index (χ3v) is 4.36. The Labute approximate surface area is 121 Å². The minimum atomic E-state index is -0.329. The SMILES string of the molecule is CCOC(=O)C(c1ccc(Br)c(F)c1)C1CCCC1. The van der Waals surface area contributed by atoms with Gasteiger partial charge in [-0.25, -0.2) is 4.39 Å². The van der Waals surface area contributed by atoms with Crippen LogP contribution in [0.3, 0.4) is 0 Å². The first kappa shape index (κ1) is 14.5. The first-order chi connectivity index (χ1) is 9.13. The van der Waals surface area contributed by atoms with E-state index < -0.39 is 0 Å². The lowest BCUT2D eigenvalue weighted by atomic mass is 9.85. The molecule has 0 aliphatic heterocycles. The predicted molar refractivity (Wildman–Crippen MR) is 75.4 cm³/mol. The normalized spacial score (nSPS) is 17.4. The summed E-state index contributed by atoms with van der Waals surface area (Å²) >= 11 is 3.14. The molecule has 0 N–H and O–H groups in total. The Kier molecular flexibility index (Phi) is 4.97. The van der Waals surface area contributed by atoms with Crippen LogP contribution in [0.15, 0.2) is 22.7 Å². The zero-order valence-electron chi connectivity index (χ0n) is 11.0. The van der Waals surface area contributed by atoms with Crippen molar-refractivity contribution >= 4 is 21.9 Å². The fraction of sp³-hybridized carbons (Fsp3) is 0.533. The van der Waals surface area contributed by atoms with E-state index in [4.69, 9.17) is 4.74 Å². The zero-order valence-corrected chi connectivity index (χ0v) is 12.6. The van der Waals surface area contributed by atoms with Gasteiger partial charge in [0.1, 0.15) is 5.82 Å². The summed E-state index contributed by atoms with van der Waals surface area (Å²) in [5.41, 5.74) is 0.728. The van der Waals surface area contributed by atoms with Gasteiger partial charge in [0, 0.05) is 0 Å². The van der Waals surface area contributed by atoms with Crippen molar-refractivity contribution in [2.24, 2.45) is 5.92 Å². The number of esters is 1. The topological polar surface area (TPSA) is 26.3 Å². The average molecular weight is 329 g/mol. The van der Waals surface area contributed by atoms with Crippen LogP contribution in [0.4, 0.5) is 4.39 Å². The van der Waals surface area contributed by atoms with Crippen LogP contribution in [0.2, 0.25) is 0 Å². The molecule has 4 heteroatoms. The molecule has 0 radical (unpaired) electrons. The number of halogens is 2. The van der Waals surface area contributed by atoms with E-state index in [9.17, 15) is 9.18 Å². The van der Waals surface area contributed by atoms with Crippen molar-refractivity contribution in [2.45, 2.75) is 38.5 Å². The summed E-state index contributed by atoms with van der Waals surface area (Å²) in [6, 6.07) is 4.92. The molecule has 1 atom stereocenters. The second-order valence-corrected chi connectivity index (χ2v) is 5.80. The van der Waals surface area contributed by atoms with Gasteiger partial charge in [-0.15, -0.1) is 0 Å². The molecule has 104 valence electrons. The molecule has 1 fully saturated rings. The predicted octanol–water partition coefficient (Wildman–Crippen LogP) is 4.43. The van der Waals surface area contributed by atoms with Gasteiger partial charge >= 0.3 is 5.97 Å². The Morgan fingerprint density at radius 1 is 1.47 bits per heavy atom. The summed E-state index contributed by atoms with van der Waals surface area (Å²) in [4.78, 5) is 12.2. The first-order valence-corrected chi connectivity index (χ1v) is 7.54. The number of carbonyl (C=O) groups excluding carboxylic acids is 1. The Balaban J connectivity index is 2.29. The smallest absolute Gasteiger partial charge is 0.313 e. The second-order valence-electron chi connectivity index (χ2n) is 4.95. The fourth-order valence-electron chi connectivity index (χ4n) is 2.83. The van der Waals surface area contributed by atoms with Crippen LogP contribution < -0.4 is 0 Å². The number of hydrogen-bond acceptors (Lipinski definition) is 2. The highest BCUT2D eigenvalue weighted by Gasteiger charge is 2.33. The second kappa shape index (κ2) is 6.51. The first-order valence-electron chi connectivity index (χ1n) is 6.75. The molecule has 0 spiro atoms. The van der Waals surface area contributed by atoms with Crippen LogP contribution in [0, 0.1) is 11.7 Å². The molecule has 2 rings (SSSR count). The molecule has 19 heavy (non-hydrogen) atoms. The number of hydrogen-bond donors (Lipinski definition) is 0. The Morgan fingerprint density at radius 3 is 2.74 bits per heavy atom. The molecular formula is C15H18BrFO2. The lowest BCUT2D eigenvalue weighted by Gasteiger charge is -2.22.